The average Bonchev–Trinajstić information content (AvgIpc) is 3.39. The van der Waals surface area contributed by atoms with Crippen LogP contribution < -0.4 is 0 Å². The average molecular weight is 564 g/mol. The minimum Gasteiger partial charge on any atom is -0.208 e. The van der Waals surface area contributed by atoms with Crippen LogP contribution in [0.5, 0.6) is 0 Å². The summed E-state index contributed by atoms with van der Waals surface area (Å²) in [7, 11) is 0. The Kier molecular flexibility index (Phi) is 5.61. The zero-order valence-electron chi connectivity index (χ0n) is 24.1. The van der Waals surface area contributed by atoms with Crippen molar-refractivity contribution in [1.29, 1.82) is 0 Å². The van der Waals surface area contributed by atoms with Crippen LogP contribution in [-0.2, 0) is 11.8 Å². The number of nitrogens with zero attached hydrogens (tertiary/aromatic N) is 3. The van der Waals surface area contributed by atoms with Gasteiger partial charge in [-0.3, -0.25) is 0 Å². The Morgan fingerprint density at radius 1 is 0.477 bits per heavy atom. The number of benzene rings is 5. The highest BCUT2D eigenvalue weighted by Crippen LogP contribution is 2.62. The highest BCUT2D eigenvalue weighted by Gasteiger charge is 2.54. The van der Waals surface area contributed by atoms with E-state index in [0.717, 1.165) is 23.1 Å². The topological polar surface area (TPSA) is 38.7 Å². The maximum absolute atomic E-state index is 5.09. The Bertz CT molecular complexity index is 2050. The molecule has 3 nitrogen and oxygen atoms in total. The predicted molar refractivity (Wildman–Crippen MR) is 177 cm³/mol. The van der Waals surface area contributed by atoms with Gasteiger partial charge in [0.1, 0.15) is 0 Å². The molecule has 3 aliphatic carbocycles. The van der Waals surface area contributed by atoms with E-state index in [-0.39, 0.29) is 5.41 Å². The normalized spacial score (nSPS) is 20.5. The molecule has 1 aromatic heterocycles. The number of aromatic nitrogens is 3. The summed E-state index contributed by atoms with van der Waals surface area (Å²) in [6.45, 7) is 0. The molecule has 1 heterocycles. The lowest BCUT2D eigenvalue weighted by Gasteiger charge is -2.48. The Balaban J connectivity index is 1.31. The summed E-state index contributed by atoms with van der Waals surface area (Å²) >= 11 is 0. The molecule has 44 heavy (non-hydrogen) atoms. The van der Waals surface area contributed by atoms with Crippen LogP contribution in [-0.4, -0.2) is 15.0 Å². The number of rotatable bonds is 3. The molecular weight excluding hydrogens is 534 g/mol. The summed E-state index contributed by atoms with van der Waals surface area (Å²) in [4.78, 5) is 15.1. The van der Waals surface area contributed by atoms with Crippen molar-refractivity contribution in [2.75, 3.05) is 0 Å². The van der Waals surface area contributed by atoms with Gasteiger partial charge < -0.3 is 0 Å². The molecule has 1 spiro atoms. The third kappa shape index (κ3) is 3.66. The van der Waals surface area contributed by atoms with Crippen LogP contribution in [0.1, 0.15) is 22.3 Å². The third-order valence-corrected chi connectivity index (χ3v) is 9.69. The van der Waals surface area contributed by atoms with Gasteiger partial charge in [0.25, 0.3) is 0 Å². The molecule has 3 aliphatic rings. The van der Waals surface area contributed by atoms with E-state index >= 15 is 0 Å². The van der Waals surface area contributed by atoms with E-state index in [0.29, 0.717) is 29.3 Å². The van der Waals surface area contributed by atoms with Crippen molar-refractivity contribution in [3.05, 3.63) is 174 Å². The van der Waals surface area contributed by atoms with Gasteiger partial charge in [0.05, 0.1) is 5.41 Å². The Labute approximate surface area is 257 Å². The first-order valence-electron chi connectivity index (χ1n) is 15.4. The van der Waals surface area contributed by atoms with Crippen molar-refractivity contribution < 1.29 is 0 Å². The SMILES string of the molecule is C1=CC2Cc3ccccc3C3(c4ccccc4-c4ccc(-c5nc(-c6ccccc6)nc(-c6ccccc6)n5)cc43)C2C=C1. The predicted octanol–water partition coefficient (Wildman–Crippen LogP) is 9.10. The van der Waals surface area contributed by atoms with Crippen molar-refractivity contribution in [3.8, 4) is 45.3 Å². The van der Waals surface area contributed by atoms with Gasteiger partial charge in [-0.25, -0.2) is 15.0 Å². The smallest absolute Gasteiger partial charge is 0.164 e. The summed E-state index contributed by atoms with van der Waals surface area (Å²) in [6, 6.07) is 45.3. The molecule has 3 heteroatoms. The molecule has 0 saturated carbocycles. The van der Waals surface area contributed by atoms with Gasteiger partial charge in [0.15, 0.2) is 17.5 Å². The molecule has 0 saturated heterocycles. The van der Waals surface area contributed by atoms with Gasteiger partial charge in [-0.05, 0) is 51.8 Å². The first-order chi connectivity index (χ1) is 21.8. The Morgan fingerprint density at radius 3 is 1.77 bits per heavy atom. The summed E-state index contributed by atoms with van der Waals surface area (Å²) in [5.41, 5.74) is 10.8. The van der Waals surface area contributed by atoms with Gasteiger partial charge in [0, 0.05) is 22.6 Å². The second kappa shape index (κ2) is 9.82. The van der Waals surface area contributed by atoms with Gasteiger partial charge >= 0.3 is 0 Å². The fourth-order valence-electron chi connectivity index (χ4n) is 7.87. The van der Waals surface area contributed by atoms with Crippen molar-refractivity contribution >= 4 is 0 Å². The van der Waals surface area contributed by atoms with E-state index in [4.69, 9.17) is 15.0 Å². The van der Waals surface area contributed by atoms with Crippen LogP contribution in [0.3, 0.4) is 0 Å². The first-order valence-corrected chi connectivity index (χ1v) is 15.4. The minimum atomic E-state index is -0.305. The lowest BCUT2D eigenvalue weighted by Crippen LogP contribution is -2.44. The van der Waals surface area contributed by atoms with E-state index in [1.807, 2.05) is 36.4 Å². The summed E-state index contributed by atoms with van der Waals surface area (Å²) in [6.07, 6.45) is 10.4. The molecule has 9 rings (SSSR count). The fourth-order valence-corrected chi connectivity index (χ4v) is 7.87. The second-order valence-electron chi connectivity index (χ2n) is 12.0. The summed E-state index contributed by atoms with van der Waals surface area (Å²) in [5, 5.41) is 0. The number of hydrogen-bond donors (Lipinski definition) is 0. The number of allylic oxidation sites excluding steroid dienone is 4. The minimum absolute atomic E-state index is 0.304. The molecule has 0 N–H and O–H groups in total. The first kappa shape index (κ1) is 25.1. The lowest BCUT2D eigenvalue weighted by molar-refractivity contribution is 0.326. The molecule has 0 amide bonds. The molecular formula is C41H29N3. The van der Waals surface area contributed by atoms with E-state index < -0.39 is 0 Å². The fraction of sp³-hybridized carbons (Fsp3) is 0.0976. The van der Waals surface area contributed by atoms with Crippen LogP contribution in [0.25, 0.3) is 45.3 Å². The monoisotopic (exact) mass is 563 g/mol. The summed E-state index contributed by atoms with van der Waals surface area (Å²) < 4.78 is 0. The molecule has 0 fully saturated rings. The molecule has 0 aliphatic heterocycles. The maximum atomic E-state index is 5.09. The van der Waals surface area contributed by atoms with Gasteiger partial charge in [-0.15, -0.1) is 0 Å². The van der Waals surface area contributed by atoms with Crippen molar-refractivity contribution in [2.24, 2.45) is 11.8 Å². The molecule has 5 aromatic carbocycles. The van der Waals surface area contributed by atoms with Crippen molar-refractivity contribution in [3.63, 3.8) is 0 Å². The molecule has 3 unspecified atom stereocenters. The summed E-state index contributed by atoms with van der Waals surface area (Å²) in [5.74, 6) is 2.77. The van der Waals surface area contributed by atoms with Crippen molar-refractivity contribution in [1.82, 2.24) is 15.0 Å². The Morgan fingerprint density at radius 2 is 1.05 bits per heavy atom. The molecule has 0 radical (unpaired) electrons. The molecule has 0 bridgehead atoms. The standard InChI is InChI=1S/C41H29N3/c1-3-13-27(14-4-1)38-42-39(28-15-5-2-6-16-28)44-40(43-38)31-23-24-33-32-19-9-12-22-36(32)41(37(33)26-31)34-20-10-7-17-29(34)25-30-18-8-11-21-35(30)41/h1-24,26,29,34H,25H2. The molecule has 6 aromatic rings. The molecule has 208 valence electrons. The second-order valence-corrected chi connectivity index (χ2v) is 12.0. The van der Waals surface area contributed by atoms with Gasteiger partial charge in [-0.2, -0.15) is 0 Å². The quantitative estimate of drug-likeness (QED) is 0.216. The highest BCUT2D eigenvalue weighted by molar-refractivity contribution is 5.87. The zero-order valence-corrected chi connectivity index (χ0v) is 24.1. The van der Waals surface area contributed by atoms with E-state index in [1.165, 1.54) is 33.4 Å². The van der Waals surface area contributed by atoms with Crippen LogP contribution in [0.15, 0.2) is 152 Å². The third-order valence-electron chi connectivity index (χ3n) is 9.69. The van der Waals surface area contributed by atoms with Crippen molar-refractivity contribution in [2.45, 2.75) is 11.8 Å². The van der Waals surface area contributed by atoms with Crippen LogP contribution >= 0.6 is 0 Å². The van der Waals surface area contributed by atoms with Crippen LogP contribution in [0, 0.1) is 11.8 Å². The molecule has 3 atom stereocenters. The Hall–Kier alpha value is -5.41. The van der Waals surface area contributed by atoms with Gasteiger partial charge in [-0.1, -0.05) is 146 Å². The highest BCUT2D eigenvalue weighted by atomic mass is 15.0. The largest absolute Gasteiger partial charge is 0.208 e. The maximum Gasteiger partial charge on any atom is 0.164 e. The zero-order chi connectivity index (χ0) is 29.1. The van der Waals surface area contributed by atoms with E-state index in [2.05, 4.69) is 115 Å². The number of hydrogen-bond acceptors (Lipinski definition) is 3. The van der Waals surface area contributed by atoms with E-state index in [9.17, 15) is 0 Å². The van der Waals surface area contributed by atoms with E-state index in [1.54, 1.807) is 0 Å². The van der Waals surface area contributed by atoms with Crippen LogP contribution in [0.4, 0.5) is 0 Å². The van der Waals surface area contributed by atoms with Gasteiger partial charge in [0.2, 0.25) is 0 Å². The number of fused-ring (bicyclic) bond motifs is 9. The lowest BCUT2D eigenvalue weighted by atomic mass is 9.54. The van der Waals surface area contributed by atoms with Crippen LogP contribution in [0.2, 0.25) is 0 Å².